The maximum absolute atomic E-state index is 14.3. The number of hydrogen-bond acceptors (Lipinski definition) is 2. The first-order chi connectivity index (χ1) is 16.0. The second kappa shape index (κ2) is 11.1. The number of halogens is 2. The number of fused-ring (bicyclic) bond motifs is 1. The summed E-state index contributed by atoms with van der Waals surface area (Å²) >= 11 is 0. The van der Waals surface area contributed by atoms with Crippen molar-refractivity contribution >= 4 is 5.97 Å². The smallest absolute Gasteiger partial charge is 0.314 e. The predicted molar refractivity (Wildman–Crippen MR) is 128 cm³/mol. The first-order valence-corrected chi connectivity index (χ1v) is 13.3. The molecule has 1 aromatic rings. The molecule has 1 aromatic carbocycles. The highest BCUT2D eigenvalue weighted by molar-refractivity contribution is 5.75. The normalized spacial score (nSPS) is 32.1. The van der Waals surface area contributed by atoms with Gasteiger partial charge < -0.3 is 4.74 Å². The zero-order chi connectivity index (χ0) is 23.4. The van der Waals surface area contributed by atoms with Crippen molar-refractivity contribution < 1.29 is 18.3 Å². The molecular formula is C29H40F2O2. The molecule has 0 spiro atoms. The molecule has 0 aliphatic heterocycles. The van der Waals surface area contributed by atoms with Crippen LogP contribution >= 0.6 is 0 Å². The number of rotatable bonds is 7. The molecule has 0 N–H and O–H groups in total. The molecule has 4 unspecified atom stereocenters. The summed E-state index contributed by atoms with van der Waals surface area (Å²) < 4.78 is 34.0. The van der Waals surface area contributed by atoms with E-state index in [4.69, 9.17) is 4.74 Å². The molecule has 3 aliphatic rings. The molecule has 0 radical (unpaired) electrons. The zero-order valence-electron chi connectivity index (χ0n) is 20.2. The molecule has 4 atom stereocenters. The molecule has 0 amide bonds. The van der Waals surface area contributed by atoms with Gasteiger partial charge in [-0.15, -0.1) is 6.58 Å². The summed E-state index contributed by atoms with van der Waals surface area (Å²) in [4.78, 5) is 12.7. The van der Waals surface area contributed by atoms with Crippen LogP contribution in [0, 0.1) is 47.1 Å². The molecule has 0 aromatic heterocycles. The van der Waals surface area contributed by atoms with E-state index in [2.05, 4.69) is 13.5 Å². The Labute approximate surface area is 198 Å². The van der Waals surface area contributed by atoms with Crippen LogP contribution in [0.1, 0.15) is 89.5 Å². The average Bonchev–Trinajstić information content (AvgIpc) is 2.83. The summed E-state index contributed by atoms with van der Waals surface area (Å²) in [5.74, 6) is 2.51. The van der Waals surface area contributed by atoms with E-state index in [9.17, 15) is 13.6 Å². The van der Waals surface area contributed by atoms with Gasteiger partial charge in [0.05, 0.1) is 5.92 Å². The van der Waals surface area contributed by atoms with Crippen LogP contribution in [-0.4, -0.2) is 5.97 Å². The second-order valence-corrected chi connectivity index (χ2v) is 10.9. The van der Waals surface area contributed by atoms with Crippen molar-refractivity contribution in [2.45, 2.75) is 90.4 Å². The fourth-order valence-electron chi connectivity index (χ4n) is 6.97. The monoisotopic (exact) mass is 458 g/mol. The summed E-state index contributed by atoms with van der Waals surface area (Å²) in [7, 11) is 0. The van der Waals surface area contributed by atoms with Gasteiger partial charge in [-0.1, -0.05) is 25.8 Å². The van der Waals surface area contributed by atoms with Crippen molar-refractivity contribution in [1.29, 1.82) is 0 Å². The van der Waals surface area contributed by atoms with Crippen molar-refractivity contribution in [3.05, 3.63) is 42.0 Å². The van der Waals surface area contributed by atoms with Gasteiger partial charge in [-0.05, 0) is 100 Å². The van der Waals surface area contributed by atoms with Crippen molar-refractivity contribution in [1.82, 2.24) is 0 Å². The third-order valence-corrected chi connectivity index (χ3v) is 9.04. The lowest BCUT2D eigenvalue weighted by molar-refractivity contribution is -0.140. The van der Waals surface area contributed by atoms with Gasteiger partial charge in [-0.2, -0.15) is 0 Å². The molecule has 0 saturated heterocycles. The van der Waals surface area contributed by atoms with Crippen LogP contribution in [0.2, 0.25) is 0 Å². The molecule has 0 heterocycles. The molecule has 0 bridgehead atoms. The highest BCUT2D eigenvalue weighted by Crippen LogP contribution is 2.49. The number of carbonyl (C=O) groups excluding carboxylic acids is 1. The predicted octanol–water partition coefficient (Wildman–Crippen LogP) is 8.04. The Morgan fingerprint density at radius 3 is 2.15 bits per heavy atom. The lowest BCUT2D eigenvalue weighted by atomic mass is 9.61. The minimum absolute atomic E-state index is 0.0214. The lowest BCUT2D eigenvalue weighted by Crippen LogP contribution is -2.35. The van der Waals surface area contributed by atoms with Gasteiger partial charge in [-0.3, -0.25) is 4.79 Å². The standard InChI is InChI=1S/C29H40F2O2/c1-3-5-6-26-27(30)17-25(18-28(26)31)33-29(32)21-11-9-20(10-12-21)23-14-13-22-15-19(4-2)7-8-24(22)16-23/h3,17-24H,1,4-16H2,2H3. The van der Waals surface area contributed by atoms with Crippen LogP contribution in [0.3, 0.4) is 0 Å². The summed E-state index contributed by atoms with van der Waals surface area (Å²) in [5.41, 5.74) is 0.0214. The van der Waals surface area contributed by atoms with Gasteiger partial charge in [0.1, 0.15) is 17.4 Å². The Balaban J connectivity index is 1.26. The summed E-state index contributed by atoms with van der Waals surface area (Å²) in [6, 6.07) is 2.27. The van der Waals surface area contributed by atoms with Gasteiger partial charge in [0.15, 0.2) is 0 Å². The number of benzene rings is 1. The Morgan fingerprint density at radius 1 is 0.939 bits per heavy atom. The van der Waals surface area contributed by atoms with Crippen LogP contribution in [0.4, 0.5) is 8.78 Å². The van der Waals surface area contributed by atoms with E-state index >= 15 is 0 Å². The summed E-state index contributed by atoms with van der Waals surface area (Å²) in [6.45, 7) is 5.93. The van der Waals surface area contributed by atoms with E-state index in [0.717, 1.165) is 67.4 Å². The maximum Gasteiger partial charge on any atom is 0.314 e. The molecular weight excluding hydrogens is 418 g/mol. The van der Waals surface area contributed by atoms with E-state index in [0.29, 0.717) is 6.42 Å². The first kappa shape index (κ1) is 24.4. The quantitative estimate of drug-likeness (QED) is 0.235. The Kier molecular flexibility index (Phi) is 8.24. The topological polar surface area (TPSA) is 26.3 Å². The molecule has 33 heavy (non-hydrogen) atoms. The summed E-state index contributed by atoms with van der Waals surface area (Å²) in [6.07, 6.45) is 15.9. The second-order valence-electron chi connectivity index (χ2n) is 10.9. The van der Waals surface area contributed by atoms with Crippen LogP contribution < -0.4 is 4.74 Å². The van der Waals surface area contributed by atoms with Crippen molar-refractivity contribution in [2.24, 2.45) is 35.5 Å². The van der Waals surface area contributed by atoms with E-state index in [1.165, 1.54) is 44.9 Å². The lowest BCUT2D eigenvalue weighted by Gasteiger charge is -2.45. The van der Waals surface area contributed by atoms with E-state index in [1.807, 2.05) is 0 Å². The molecule has 182 valence electrons. The van der Waals surface area contributed by atoms with Crippen LogP contribution in [-0.2, 0) is 11.2 Å². The molecule has 4 rings (SSSR count). The third-order valence-electron chi connectivity index (χ3n) is 9.04. The SMILES string of the molecule is C=CCCc1c(F)cc(OC(=O)C2CCC(C3CCC4CC(CC)CCC4C3)CC2)cc1F. The largest absolute Gasteiger partial charge is 0.426 e. The third kappa shape index (κ3) is 5.87. The Morgan fingerprint density at radius 2 is 1.52 bits per heavy atom. The minimum Gasteiger partial charge on any atom is -0.426 e. The van der Waals surface area contributed by atoms with Crippen LogP contribution in [0.15, 0.2) is 24.8 Å². The highest BCUT2D eigenvalue weighted by atomic mass is 19.1. The van der Waals surface area contributed by atoms with Gasteiger partial charge in [0.2, 0.25) is 0 Å². The number of hydrogen-bond donors (Lipinski definition) is 0. The fraction of sp³-hybridized carbons (Fsp3) is 0.690. The summed E-state index contributed by atoms with van der Waals surface area (Å²) in [5, 5.41) is 0. The Bertz CT molecular complexity index is 804. The number of allylic oxidation sites excluding steroid dienone is 1. The van der Waals surface area contributed by atoms with E-state index < -0.39 is 11.6 Å². The maximum atomic E-state index is 14.3. The molecule has 3 fully saturated rings. The zero-order valence-corrected chi connectivity index (χ0v) is 20.2. The number of carbonyl (C=O) groups is 1. The molecule has 2 nitrogen and oxygen atoms in total. The van der Waals surface area contributed by atoms with Crippen LogP contribution in [0.5, 0.6) is 5.75 Å². The van der Waals surface area contributed by atoms with Crippen molar-refractivity contribution in [2.75, 3.05) is 0 Å². The number of ether oxygens (including phenoxy) is 1. The van der Waals surface area contributed by atoms with Crippen LogP contribution in [0.25, 0.3) is 0 Å². The highest BCUT2D eigenvalue weighted by Gasteiger charge is 2.39. The van der Waals surface area contributed by atoms with Gasteiger partial charge in [0, 0.05) is 17.7 Å². The van der Waals surface area contributed by atoms with Crippen molar-refractivity contribution in [3.8, 4) is 5.75 Å². The molecule has 3 aliphatic carbocycles. The van der Waals surface area contributed by atoms with Gasteiger partial charge in [0.25, 0.3) is 0 Å². The number of esters is 1. The molecule has 4 heteroatoms. The average molecular weight is 459 g/mol. The Hall–Kier alpha value is -1.71. The van der Waals surface area contributed by atoms with Crippen molar-refractivity contribution in [3.63, 3.8) is 0 Å². The first-order valence-electron chi connectivity index (χ1n) is 13.3. The minimum atomic E-state index is -0.660. The molecule has 3 saturated carbocycles. The van der Waals surface area contributed by atoms with E-state index in [1.54, 1.807) is 6.08 Å². The van der Waals surface area contributed by atoms with E-state index in [-0.39, 0.29) is 29.6 Å². The van der Waals surface area contributed by atoms with Gasteiger partial charge in [-0.25, -0.2) is 8.78 Å². The fourth-order valence-corrected chi connectivity index (χ4v) is 6.97. The van der Waals surface area contributed by atoms with Gasteiger partial charge >= 0.3 is 5.97 Å².